The first-order valence-electron chi connectivity index (χ1n) is 8.70. The number of rotatable bonds is 5. The van der Waals surface area contributed by atoms with Crippen molar-refractivity contribution in [1.29, 1.82) is 0 Å². The van der Waals surface area contributed by atoms with E-state index in [4.69, 9.17) is 0 Å². The van der Waals surface area contributed by atoms with Crippen LogP contribution in [0.15, 0.2) is 0 Å². The minimum Gasteiger partial charge on any atom is -0.340 e. The summed E-state index contributed by atoms with van der Waals surface area (Å²) < 4.78 is 0. The maximum atomic E-state index is 13.1. The summed E-state index contributed by atoms with van der Waals surface area (Å²) in [6.07, 6.45) is 8.80. The maximum absolute atomic E-state index is 13.1. The van der Waals surface area contributed by atoms with Crippen molar-refractivity contribution in [1.82, 2.24) is 10.2 Å². The predicted octanol–water partition coefficient (Wildman–Crippen LogP) is 3.01. The van der Waals surface area contributed by atoms with E-state index in [-0.39, 0.29) is 23.9 Å². The van der Waals surface area contributed by atoms with Gasteiger partial charge in [-0.3, -0.25) is 9.59 Å². The summed E-state index contributed by atoms with van der Waals surface area (Å²) >= 11 is 0. The van der Waals surface area contributed by atoms with Crippen LogP contribution in [0.3, 0.4) is 0 Å². The normalized spacial score (nSPS) is 26.8. The van der Waals surface area contributed by atoms with Crippen molar-refractivity contribution in [2.75, 3.05) is 0 Å². The van der Waals surface area contributed by atoms with Crippen LogP contribution in [-0.2, 0) is 9.59 Å². The van der Waals surface area contributed by atoms with Gasteiger partial charge in [0.1, 0.15) is 11.6 Å². The second-order valence-electron chi connectivity index (χ2n) is 6.76. The molecule has 1 saturated carbocycles. The van der Waals surface area contributed by atoms with Crippen LogP contribution in [0.2, 0.25) is 0 Å². The number of piperazine rings is 1. The Morgan fingerprint density at radius 1 is 1.24 bits per heavy atom. The van der Waals surface area contributed by atoms with E-state index in [9.17, 15) is 9.59 Å². The largest absolute Gasteiger partial charge is 0.340 e. The average Bonchev–Trinajstić information content (AvgIpc) is 2.49. The lowest BCUT2D eigenvalue weighted by molar-refractivity contribution is -0.159. The van der Waals surface area contributed by atoms with Gasteiger partial charge in [0.05, 0.1) is 0 Å². The summed E-state index contributed by atoms with van der Waals surface area (Å²) in [5, 5.41) is 3.09. The van der Waals surface area contributed by atoms with Crippen LogP contribution in [0.4, 0.5) is 0 Å². The molecule has 2 aliphatic rings. The van der Waals surface area contributed by atoms with Gasteiger partial charge in [0.2, 0.25) is 11.8 Å². The summed E-state index contributed by atoms with van der Waals surface area (Å²) in [7, 11) is 0. The van der Waals surface area contributed by atoms with Crippen molar-refractivity contribution in [3.63, 3.8) is 0 Å². The Kier molecular flexibility index (Phi) is 5.28. The summed E-state index contributed by atoms with van der Waals surface area (Å²) in [5.41, 5.74) is -0.596. The lowest BCUT2D eigenvalue weighted by Crippen LogP contribution is -2.72. The number of carbonyl (C=O) groups is 2. The van der Waals surface area contributed by atoms with Crippen LogP contribution >= 0.6 is 0 Å². The smallest absolute Gasteiger partial charge is 0.249 e. The van der Waals surface area contributed by atoms with Gasteiger partial charge >= 0.3 is 0 Å². The Bertz CT molecular complexity index is 388. The van der Waals surface area contributed by atoms with Crippen molar-refractivity contribution < 1.29 is 9.59 Å². The predicted molar refractivity (Wildman–Crippen MR) is 83.9 cm³/mol. The van der Waals surface area contributed by atoms with Gasteiger partial charge in [0, 0.05) is 6.04 Å². The first-order chi connectivity index (χ1) is 10.1. The quantitative estimate of drug-likeness (QED) is 0.847. The first-order valence-corrected chi connectivity index (χ1v) is 8.70. The number of nitrogens with one attached hydrogen (secondary N) is 1. The third-order valence-electron chi connectivity index (χ3n) is 5.19. The van der Waals surface area contributed by atoms with E-state index in [0.717, 1.165) is 44.9 Å². The van der Waals surface area contributed by atoms with Gasteiger partial charge in [0.25, 0.3) is 0 Å². The topological polar surface area (TPSA) is 49.4 Å². The molecule has 21 heavy (non-hydrogen) atoms. The van der Waals surface area contributed by atoms with Crippen LogP contribution in [0, 0.1) is 0 Å². The molecule has 2 rings (SSSR count). The van der Waals surface area contributed by atoms with Crippen LogP contribution < -0.4 is 5.32 Å². The lowest BCUT2D eigenvalue weighted by atomic mass is 9.77. The molecule has 4 heteroatoms. The molecule has 1 heterocycles. The van der Waals surface area contributed by atoms with E-state index in [0.29, 0.717) is 6.42 Å². The fourth-order valence-corrected chi connectivity index (χ4v) is 3.91. The molecule has 1 N–H and O–H groups in total. The van der Waals surface area contributed by atoms with Gasteiger partial charge < -0.3 is 10.2 Å². The molecule has 2 unspecified atom stereocenters. The van der Waals surface area contributed by atoms with Crippen molar-refractivity contribution in [2.45, 2.75) is 96.2 Å². The molecule has 2 atom stereocenters. The Labute approximate surface area is 128 Å². The molecular formula is C17H30N2O2. The molecule has 0 aromatic rings. The zero-order chi connectivity index (χ0) is 15.5. The number of hydrogen-bond donors (Lipinski definition) is 1. The Morgan fingerprint density at radius 2 is 1.90 bits per heavy atom. The lowest BCUT2D eigenvalue weighted by Gasteiger charge is -2.49. The number of amides is 2. The Hall–Kier alpha value is -1.06. The highest BCUT2D eigenvalue weighted by atomic mass is 16.2. The molecule has 0 radical (unpaired) electrons. The highest BCUT2D eigenvalue weighted by molar-refractivity contribution is 6.00. The second-order valence-corrected chi connectivity index (χ2v) is 6.76. The summed E-state index contributed by atoms with van der Waals surface area (Å²) in [6, 6.07) is -0.121. The van der Waals surface area contributed by atoms with Crippen molar-refractivity contribution in [3.05, 3.63) is 0 Å². The van der Waals surface area contributed by atoms with Gasteiger partial charge in [-0.05, 0) is 32.6 Å². The van der Waals surface area contributed by atoms with Gasteiger partial charge in [-0.15, -0.1) is 0 Å². The number of nitrogens with zero attached hydrogens (tertiary/aromatic N) is 1. The summed E-state index contributed by atoms with van der Waals surface area (Å²) in [5.74, 6) is 0.236. The molecule has 0 aromatic carbocycles. The van der Waals surface area contributed by atoms with E-state index in [1.807, 2.05) is 11.8 Å². The molecule has 1 saturated heterocycles. The van der Waals surface area contributed by atoms with Gasteiger partial charge in [0.15, 0.2) is 0 Å². The minimum absolute atomic E-state index is 0.0577. The number of hydrogen-bond acceptors (Lipinski definition) is 2. The van der Waals surface area contributed by atoms with Gasteiger partial charge in [-0.1, -0.05) is 46.0 Å². The SMILES string of the molecule is CCCCC(C)N1C(=O)C2(CCCCC2)NC(=O)C1CC. The summed E-state index contributed by atoms with van der Waals surface area (Å²) in [6.45, 7) is 6.26. The maximum Gasteiger partial charge on any atom is 0.249 e. The fourth-order valence-electron chi connectivity index (χ4n) is 3.91. The van der Waals surface area contributed by atoms with E-state index in [2.05, 4.69) is 19.2 Å². The van der Waals surface area contributed by atoms with E-state index >= 15 is 0 Å². The van der Waals surface area contributed by atoms with Crippen LogP contribution in [0.5, 0.6) is 0 Å². The first kappa shape index (κ1) is 16.3. The molecule has 1 aliphatic heterocycles. The molecule has 2 fully saturated rings. The molecule has 2 amide bonds. The minimum atomic E-state index is -0.596. The van der Waals surface area contributed by atoms with Crippen molar-refractivity contribution >= 4 is 11.8 Å². The molecule has 0 bridgehead atoms. The van der Waals surface area contributed by atoms with Crippen LogP contribution in [0.1, 0.15) is 78.6 Å². The molecule has 4 nitrogen and oxygen atoms in total. The van der Waals surface area contributed by atoms with Crippen LogP contribution in [-0.4, -0.2) is 34.3 Å². The Balaban J connectivity index is 2.23. The molecular weight excluding hydrogens is 264 g/mol. The fraction of sp³-hybridized carbons (Fsp3) is 0.882. The highest BCUT2D eigenvalue weighted by Crippen LogP contribution is 2.35. The van der Waals surface area contributed by atoms with Gasteiger partial charge in [-0.2, -0.15) is 0 Å². The van der Waals surface area contributed by atoms with E-state index in [1.165, 1.54) is 6.42 Å². The zero-order valence-electron chi connectivity index (χ0n) is 13.8. The average molecular weight is 294 g/mol. The highest BCUT2D eigenvalue weighted by Gasteiger charge is 2.51. The zero-order valence-corrected chi connectivity index (χ0v) is 13.8. The van der Waals surface area contributed by atoms with Crippen molar-refractivity contribution in [2.24, 2.45) is 0 Å². The summed E-state index contributed by atoms with van der Waals surface area (Å²) in [4.78, 5) is 27.6. The van der Waals surface area contributed by atoms with E-state index in [1.54, 1.807) is 0 Å². The van der Waals surface area contributed by atoms with E-state index < -0.39 is 5.54 Å². The molecule has 120 valence electrons. The Morgan fingerprint density at radius 3 is 2.48 bits per heavy atom. The van der Waals surface area contributed by atoms with Crippen molar-refractivity contribution in [3.8, 4) is 0 Å². The van der Waals surface area contributed by atoms with Crippen LogP contribution in [0.25, 0.3) is 0 Å². The van der Waals surface area contributed by atoms with Gasteiger partial charge in [-0.25, -0.2) is 0 Å². The molecule has 1 aliphatic carbocycles. The monoisotopic (exact) mass is 294 g/mol. The third-order valence-corrected chi connectivity index (χ3v) is 5.19. The molecule has 0 aromatic heterocycles. The number of unbranched alkanes of at least 4 members (excludes halogenated alkanes) is 1. The number of carbonyl (C=O) groups excluding carboxylic acids is 2. The molecule has 1 spiro atoms. The standard InChI is InChI=1S/C17H30N2O2/c1-4-6-10-13(3)19-14(5-2)15(20)18-17(16(19)21)11-8-7-9-12-17/h13-14H,4-12H2,1-3H3,(H,18,20). The second kappa shape index (κ2) is 6.80. The third kappa shape index (κ3) is 3.09.